The van der Waals surface area contributed by atoms with E-state index in [-0.39, 0.29) is 0 Å². The Balaban J connectivity index is 1.55. The zero-order valence-electron chi connectivity index (χ0n) is 12.2. The van der Waals surface area contributed by atoms with Gasteiger partial charge in [-0.2, -0.15) is 0 Å². The molecule has 2 heterocycles. The number of nitrogens with zero attached hydrogens (tertiary/aromatic N) is 2. The summed E-state index contributed by atoms with van der Waals surface area (Å²) in [5.41, 5.74) is 1.40. The maximum absolute atomic E-state index is 11.3. The Morgan fingerprint density at radius 1 is 1.52 bits per heavy atom. The largest absolute Gasteiger partial charge is 0.478 e. The van der Waals surface area contributed by atoms with Crippen molar-refractivity contribution < 1.29 is 9.90 Å². The summed E-state index contributed by atoms with van der Waals surface area (Å²) in [6.45, 7) is 5.17. The molecule has 1 aromatic heterocycles. The lowest BCUT2D eigenvalue weighted by molar-refractivity contribution is 0.0694. The number of allylic oxidation sites excluding steroid dienone is 2. The van der Waals surface area contributed by atoms with Gasteiger partial charge in [-0.05, 0) is 41.7 Å². The Morgan fingerprint density at radius 3 is 3.14 bits per heavy atom. The van der Waals surface area contributed by atoms with E-state index in [1.54, 1.807) is 18.3 Å². The van der Waals surface area contributed by atoms with Gasteiger partial charge in [-0.3, -0.25) is 9.88 Å². The Hall–Kier alpha value is -1.68. The number of hydrogen-bond donors (Lipinski definition) is 1. The fraction of sp³-hybridized carbons (Fsp3) is 0.529. The molecule has 4 heteroatoms. The molecule has 1 saturated heterocycles. The summed E-state index contributed by atoms with van der Waals surface area (Å²) in [6, 6.07) is 3.34. The van der Waals surface area contributed by atoms with E-state index in [9.17, 15) is 9.90 Å². The lowest BCUT2D eigenvalue weighted by Gasteiger charge is -2.32. The fourth-order valence-corrected chi connectivity index (χ4v) is 4.77. The number of carboxylic acids is 1. The molecule has 0 amide bonds. The van der Waals surface area contributed by atoms with Crippen molar-refractivity contribution in [2.75, 3.05) is 13.1 Å². The molecular formula is C17H20N2O2. The predicted octanol–water partition coefficient (Wildman–Crippen LogP) is 2.42. The quantitative estimate of drug-likeness (QED) is 0.866. The molecule has 4 nitrogen and oxygen atoms in total. The summed E-state index contributed by atoms with van der Waals surface area (Å²) in [4.78, 5) is 18.0. The van der Waals surface area contributed by atoms with Gasteiger partial charge in [-0.25, -0.2) is 4.79 Å². The van der Waals surface area contributed by atoms with E-state index in [4.69, 9.17) is 0 Å². The zero-order chi connectivity index (χ0) is 14.6. The molecule has 0 radical (unpaired) electrons. The highest BCUT2D eigenvalue weighted by atomic mass is 16.4. The lowest BCUT2D eigenvalue weighted by Crippen LogP contribution is -2.31. The number of fused-ring (bicyclic) bond motifs is 5. The van der Waals surface area contributed by atoms with E-state index in [2.05, 4.69) is 29.0 Å². The summed E-state index contributed by atoms with van der Waals surface area (Å²) < 4.78 is 0. The minimum Gasteiger partial charge on any atom is -0.478 e. The molecule has 2 fully saturated rings. The number of rotatable bonds is 3. The van der Waals surface area contributed by atoms with E-state index in [1.807, 2.05) is 0 Å². The van der Waals surface area contributed by atoms with Crippen LogP contribution in [-0.2, 0) is 6.54 Å². The summed E-state index contributed by atoms with van der Waals surface area (Å²) in [5.74, 6) is 1.28. The fourth-order valence-electron chi connectivity index (χ4n) is 4.77. The van der Waals surface area contributed by atoms with Gasteiger partial charge in [0, 0.05) is 25.8 Å². The van der Waals surface area contributed by atoms with Gasteiger partial charge in [-0.15, -0.1) is 0 Å². The summed E-state index contributed by atoms with van der Waals surface area (Å²) in [6.07, 6.45) is 7.79. The van der Waals surface area contributed by atoms with Crippen molar-refractivity contribution in [3.8, 4) is 0 Å². The molecule has 1 N–H and O–H groups in total. The number of aromatic carboxylic acids is 1. The molecule has 0 unspecified atom stereocenters. The molecule has 3 aliphatic rings. The number of pyridine rings is 1. The maximum atomic E-state index is 11.3. The van der Waals surface area contributed by atoms with Crippen LogP contribution in [0.3, 0.4) is 0 Å². The first-order valence-corrected chi connectivity index (χ1v) is 7.66. The van der Waals surface area contributed by atoms with Gasteiger partial charge < -0.3 is 5.11 Å². The second-order valence-electron chi connectivity index (χ2n) is 6.98. The van der Waals surface area contributed by atoms with E-state index in [0.29, 0.717) is 29.1 Å². The maximum Gasteiger partial charge on any atom is 0.337 e. The van der Waals surface area contributed by atoms with Crippen molar-refractivity contribution >= 4 is 5.97 Å². The zero-order valence-corrected chi connectivity index (χ0v) is 12.2. The number of aromatic nitrogens is 1. The molecule has 2 aliphatic carbocycles. The van der Waals surface area contributed by atoms with Gasteiger partial charge in [0.15, 0.2) is 0 Å². The molecule has 1 aliphatic heterocycles. The standard InChI is InChI=1S/C17H20N2O2/c1-17-10-19(8-14(17)11-4-5-12(17)7-11)9-15-13(16(20)21)3-2-6-18-15/h2-6,11-12,14H,7-10H2,1H3,(H,20,21)/t11-,12+,14-,17+/m0/s1. The Kier molecular flexibility index (Phi) is 2.73. The third-order valence-corrected chi connectivity index (χ3v) is 5.84. The summed E-state index contributed by atoms with van der Waals surface area (Å²) in [5, 5.41) is 9.28. The van der Waals surface area contributed by atoms with Crippen LogP contribution in [0.4, 0.5) is 0 Å². The Bertz CT molecular complexity index is 627. The molecular weight excluding hydrogens is 264 g/mol. The van der Waals surface area contributed by atoms with Crippen LogP contribution in [-0.4, -0.2) is 34.0 Å². The van der Waals surface area contributed by atoms with Crippen molar-refractivity contribution in [3.05, 3.63) is 41.7 Å². The topological polar surface area (TPSA) is 53.4 Å². The minimum atomic E-state index is -0.884. The molecule has 110 valence electrons. The lowest BCUT2D eigenvalue weighted by atomic mass is 9.72. The predicted molar refractivity (Wildman–Crippen MR) is 78.8 cm³/mol. The van der Waals surface area contributed by atoms with Crippen LogP contribution in [0.1, 0.15) is 29.4 Å². The van der Waals surface area contributed by atoms with Crippen LogP contribution >= 0.6 is 0 Å². The normalized spacial score (nSPS) is 37.1. The molecule has 1 aromatic rings. The van der Waals surface area contributed by atoms with Gasteiger partial charge >= 0.3 is 5.97 Å². The monoisotopic (exact) mass is 284 g/mol. The first kappa shape index (κ1) is 13.0. The molecule has 2 bridgehead atoms. The van der Waals surface area contributed by atoms with Crippen molar-refractivity contribution in [2.24, 2.45) is 23.2 Å². The molecule has 21 heavy (non-hydrogen) atoms. The highest BCUT2D eigenvalue weighted by Gasteiger charge is 2.57. The summed E-state index contributed by atoms with van der Waals surface area (Å²) >= 11 is 0. The minimum absolute atomic E-state index is 0.334. The van der Waals surface area contributed by atoms with Crippen molar-refractivity contribution in [1.82, 2.24) is 9.88 Å². The van der Waals surface area contributed by atoms with Crippen LogP contribution in [0.5, 0.6) is 0 Å². The first-order chi connectivity index (χ1) is 10.1. The summed E-state index contributed by atoms with van der Waals surface area (Å²) in [7, 11) is 0. The van der Waals surface area contributed by atoms with Crippen molar-refractivity contribution in [2.45, 2.75) is 19.9 Å². The molecule has 0 aromatic carbocycles. The van der Waals surface area contributed by atoms with Crippen LogP contribution in [0.2, 0.25) is 0 Å². The highest BCUT2D eigenvalue weighted by Crippen LogP contribution is 2.59. The van der Waals surface area contributed by atoms with Gasteiger partial charge in [0.05, 0.1) is 11.3 Å². The van der Waals surface area contributed by atoms with Gasteiger partial charge in [-0.1, -0.05) is 19.1 Å². The number of hydrogen-bond acceptors (Lipinski definition) is 3. The second-order valence-corrected chi connectivity index (χ2v) is 6.98. The smallest absolute Gasteiger partial charge is 0.337 e. The van der Waals surface area contributed by atoms with E-state index < -0.39 is 5.97 Å². The second kappa shape index (κ2) is 4.41. The van der Waals surface area contributed by atoms with E-state index in [1.165, 1.54) is 6.42 Å². The van der Waals surface area contributed by atoms with Crippen molar-refractivity contribution in [3.63, 3.8) is 0 Å². The van der Waals surface area contributed by atoms with Crippen LogP contribution in [0, 0.1) is 23.2 Å². The highest BCUT2D eigenvalue weighted by molar-refractivity contribution is 5.88. The average Bonchev–Trinajstić information content (AvgIpc) is 3.10. The van der Waals surface area contributed by atoms with E-state index in [0.717, 1.165) is 24.9 Å². The first-order valence-electron chi connectivity index (χ1n) is 7.66. The van der Waals surface area contributed by atoms with Gasteiger partial charge in [0.1, 0.15) is 0 Å². The van der Waals surface area contributed by atoms with Crippen molar-refractivity contribution in [1.29, 1.82) is 0 Å². The average molecular weight is 284 g/mol. The molecule has 4 rings (SSSR count). The van der Waals surface area contributed by atoms with E-state index >= 15 is 0 Å². The SMILES string of the molecule is C[C@]12CN(Cc3ncccc3C(=O)O)C[C@H]1[C@H]1C=C[C@@H]2C1. The number of carbonyl (C=O) groups is 1. The van der Waals surface area contributed by atoms with Gasteiger partial charge in [0.2, 0.25) is 0 Å². The van der Waals surface area contributed by atoms with Crippen LogP contribution in [0.25, 0.3) is 0 Å². The Morgan fingerprint density at radius 2 is 2.38 bits per heavy atom. The number of carboxylic acid groups (broad SMARTS) is 1. The molecule has 0 spiro atoms. The molecule has 4 atom stereocenters. The van der Waals surface area contributed by atoms with Crippen LogP contribution < -0.4 is 0 Å². The van der Waals surface area contributed by atoms with Gasteiger partial charge in [0.25, 0.3) is 0 Å². The third kappa shape index (κ3) is 1.85. The molecule has 1 saturated carbocycles. The number of likely N-dealkylation sites (tertiary alicyclic amines) is 1. The Labute approximate surface area is 124 Å². The third-order valence-electron chi connectivity index (χ3n) is 5.84. The van der Waals surface area contributed by atoms with Crippen LogP contribution in [0.15, 0.2) is 30.5 Å².